The van der Waals surface area contributed by atoms with Gasteiger partial charge in [-0.25, -0.2) is 0 Å². The highest BCUT2D eigenvalue weighted by molar-refractivity contribution is 5.85. The molecule has 5 atom stereocenters. The quantitative estimate of drug-likeness (QED) is 0.547. The molecule has 0 aromatic heterocycles. The Bertz CT molecular complexity index is 476. The Morgan fingerprint density at radius 3 is 2.65 bits per heavy atom. The smallest absolute Gasteiger partial charge is 0.373 e. The Hall–Kier alpha value is -0.700. The number of alkyl halides is 3. The van der Waals surface area contributed by atoms with Crippen LogP contribution in [-0.4, -0.2) is 62.3 Å². The molecule has 0 amide bonds. The van der Waals surface area contributed by atoms with Crippen molar-refractivity contribution in [2.24, 2.45) is 5.92 Å². The average Bonchev–Trinajstić information content (AvgIpc) is 3.36. The van der Waals surface area contributed by atoms with Crippen molar-refractivity contribution in [3.8, 4) is 0 Å². The van der Waals surface area contributed by atoms with E-state index < -0.39 is 24.5 Å². The number of Topliss-reactive ketones (excluding diaryl/α,β-unsaturated/α-hetero) is 1. The van der Waals surface area contributed by atoms with E-state index in [9.17, 15) is 18.0 Å². The van der Waals surface area contributed by atoms with Gasteiger partial charge in [-0.15, -0.1) is 0 Å². The predicted octanol–water partition coefficient (Wildman–Crippen LogP) is 1.88. The molecule has 132 valence electrons. The van der Waals surface area contributed by atoms with E-state index >= 15 is 0 Å². The van der Waals surface area contributed by atoms with Crippen LogP contribution in [0.15, 0.2) is 0 Å². The molecule has 3 fully saturated rings. The first-order valence-electron chi connectivity index (χ1n) is 7.74. The second-order valence-corrected chi connectivity index (χ2v) is 6.70. The second kappa shape index (κ2) is 5.68. The van der Waals surface area contributed by atoms with E-state index in [1.54, 1.807) is 0 Å². The molecule has 2 aliphatic heterocycles. The Morgan fingerprint density at radius 2 is 2.09 bits per heavy atom. The number of ether oxygens (including phenoxy) is 4. The molecular formula is C15H21F3O5. The largest absolute Gasteiger partial charge is 0.411 e. The lowest BCUT2D eigenvalue weighted by Crippen LogP contribution is -2.53. The summed E-state index contributed by atoms with van der Waals surface area (Å²) in [5, 5.41) is 0. The van der Waals surface area contributed by atoms with Crippen molar-refractivity contribution in [1.29, 1.82) is 0 Å². The highest BCUT2D eigenvalue weighted by Crippen LogP contribution is 2.58. The van der Waals surface area contributed by atoms with Crippen LogP contribution >= 0.6 is 0 Å². The van der Waals surface area contributed by atoms with Gasteiger partial charge >= 0.3 is 6.18 Å². The Balaban J connectivity index is 1.59. The molecule has 0 N–H and O–H groups in total. The molecule has 0 unspecified atom stereocenters. The molecule has 1 saturated carbocycles. The fraction of sp³-hybridized carbons (Fsp3) is 0.933. The zero-order chi connectivity index (χ0) is 16.9. The van der Waals surface area contributed by atoms with Crippen molar-refractivity contribution in [3.05, 3.63) is 0 Å². The number of hydrogen-bond acceptors (Lipinski definition) is 5. The monoisotopic (exact) mass is 338 g/mol. The molecule has 2 saturated heterocycles. The van der Waals surface area contributed by atoms with Crippen molar-refractivity contribution < 1.29 is 36.9 Å². The molecule has 0 radical (unpaired) electrons. The molecule has 1 aliphatic carbocycles. The van der Waals surface area contributed by atoms with Crippen molar-refractivity contribution in [3.63, 3.8) is 0 Å². The third-order valence-corrected chi connectivity index (χ3v) is 5.14. The molecule has 1 spiro atoms. The maximum absolute atomic E-state index is 12.1. The van der Waals surface area contributed by atoms with Gasteiger partial charge in [0.2, 0.25) is 0 Å². The lowest BCUT2D eigenvalue weighted by molar-refractivity contribution is -0.174. The fourth-order valence-electron chi connectivity index (χ4n) is 3.87. The minimum atomic E-state index is -4.32. The zero-order valence-electron chi connectivity index (χ0n) is 13.1. The Kier molecular flexibility index (Phi) is 4.23. The number of carbonyl (C=O) groups excluding carboxylic acids is 1. The first-order valence-corrected chi connectivity index (χ1v) is 7.74. The van der Waals surface area contributed by atoms with Gasteiger partial charge in [0.1, 0.15) is 23.9 Å². The summed E-state index contributed by atoms with van der Waals surface area (Å²) in [6.07, 6.45) is -3.74. The Morgan fingerprint density at radius 1 is 1.39 bits per heavy atom. The van der Waals surface area contributed by atoms with Crippen LogP contribution in [0.4, 0.5) is 13.2 Å². The van der Waals surface area contributed by atoms with Gasteiger partial charge in [-0.3, -0.25) is 4.79 Å². The van der Waals surface area contributed by atoms with Gasteiger partial charge in [0, 0.05) is 20.1 Å². The van der Waals surface area contributed by atoms with Crippen LogP contribution in [-0.2, 0) is 23.7 Å². The maximum Gasteiger partial charge on any atom is 0.411 e. The molecule has 5 nitrogen and oxygen atoms in total. The summed E-state index contributed by atoms with van der Waals surface area (Å²) in [6.45, 7) is 1.15. The van der Waals surface area contributed by atoms with Gasteiger partial charge < -0.3 is 18.9 Å². The Labute approximate surface area is 132 Å². The highest BCUT2D eigenvalue weighted by Gasteiger charge is 2.71. The van der Waals surface area contributed by atoms with Gasteiger partial charge in [-0.1, -0.05) is 0 Å². The van der Waals surface area contributed by atoms with Crippen molar-refractivity contribution >= 4 is 5.78 Å². The zero-order valence-corrected chi connectivity index (χ0v) is 13.1. The van der Waals surface area contributed by atoms with Gasteiger partial charge in [0.15, 0.2) is 5.78 Å². The summed E-state index contributed by atoms with van der Waals surface area (Å²) < 4.78 is 57.6. The topological polar surface area (TPSA) is 60.6 Å². The minimum absolute atomic E-state index is 0.0300. The third kappa shape index (κ3) is 3.26. The summed E-state index contributed by atoms with van der Waals surface area (Å²) in [5.41, 5.74) is -1.00. The number of halogens is 3. The first-order chi connectivity index (χ1) is 10.7. The van der Waals surface area contributed by atoms with Crippen LogP contribution in [0.2, 0.25) is 0 Å². The lowest BCUT2D eigenvalue weighted by atomic mass is 9.69. The van der Waals surface area contributed by atoms with Gasteiger partial charge in [0.25, 0.3) is 0 Å². The fourth-order valence-corrected chi connectivity index (χ4v) is 3.87. The average molecular weight is 338 g/mol. The second-order valence-electron chi connectivity index (χ2n) is 6.70. The summed E-state index contributed by atoms with van der Waals surface area (Å²) >= 11 is 0. The summed E-state index contributed by atoms with van der Waals surface area (Å²) in [4.78, 5) is 12.1. The van der Waals surface area contributed by atoms with Crippen LogP contribution in [0.5, 0.6) is 0 Å². The molecule has 3 aliphatic rings. The number of epoxide rings is 2. The van der Waals surface area contributed by atoms with E-state index in [2.05, 4.69) is 4.74 Å². The molecule has 0 aromatic carbocycles. The maximum atomic E-state index is 12.1. The van der Waals surface area contributed by atoms with E-state index in [4.69, 9.17) is 14.2 Å². The predicted molar refractivity (Wildman–Crippen MR) is 72.0 cm³/mol. The van der Waals surface area contributed by atoms with E-state index in [1.807, 2.05) is 6.92 Å². The van der Waals surface area contributed by atoms with E-state index in [0.717, 1.165) is 0 Å². The lowest BCUT2D eigenvalue weighted by Gasteiger charge is -2.37. The molecule has 3 rings (SSSR count). The van der Waals surface area contributed by atoms with Crippen molar-refractivity contribution in [2.75, 3.05) is 26.9 Å². The van der Waals surface area contributed by atoms with Crippen LogP contribution in [0.25, 0.3) is 0 Å². The third-order valence-electron chi connectivity index (χ3n) is 5.14. The van der Waals surface area contributed by atoms with Crippen LogP contribution < -0.4 is 0 Å². The van der Waals surface area contributed by atoms with Crippen molar-refractivity contribution in [1.82, 2.24) is 0 Å². The van der Waals surface area contributed by atoms with Gasteiger partial charge in [-0.05, 0) is 19.8 Å². The van der Waals surface area contributed by atoms with Gasteiger partial charge in [-0.2, -0.15) is 13.2 Å². The number of carbonyl (C=O) groups is 1. The normalized spacial score (nSPS) is 43.0. The van der Waals surface area contributed by atoms with Crippen LogP contribution in [0.1, 0.15) is 26.2 Å². The number of hydrogen-bond donors (Lipinski definition) is 0. The van der Waals surface area contributed by atoms with E-state index in [-0.39, 0.29) is 30.0 Å². The van der Waals surface area contributed by atoms with Crippen LogP contribution in [0.3, 0.4) is 0 Å². The van der Waals surface area contributed by atoms with Crippen LogP contribution in [0, 0.1) is 5.92 Å². The summed E-state index contributed by atoms with van der Waals surface area (Å²) in [6, 6.07) is 0. The molecule has 0 bridgehead atoms. The highest BCUT2D eigenvalue weighted by atomic mass is 19.4. The molecule has 0 aromatic rings. The van der Waals surface area contributed by atoms with Gasteiger partial charge in [0.05, 0.1) is 18.6 Å². The molecule has 2 heterocycles. The standard InChI is InChI=1S/C15H21F3O5/c1-13(10(23-13)4-6-21-8-15(16,17)18)12-11(20-2)9(19)3-5-14(12)7-22-14/h10-12H,3-8H2,1-2H3/t10-,11-,12-,13-,14+/m1/s1. The molecular weight excluding hydrogens is 317 g/mol. The number of rotatable bonds is 6. The van der Waals surface area contributed by atoms with Crippen molar-refractivity contribution in [2.45, 2.75) is 55.8 Å². The summed E-state index contributed by atoms with van der Waals surface area (Å²) in [7, 11) is 1.49. The minimum Gasteiger partial charge on any atom is -0.373 e. The number of methoxy groups -OCH3 is 1. The first kappa shape index (κ1) is 17.1. The summed E-state index contributed by atoms with van der Waals surface area (Å²) in [5.74, 6) is -0.198. The molecule has 23 heavy (non-hydrogen) atoms. The molecule has 8 heteroatoms. The van der Waals surface area contributed by atoms with E-state index in [0.29, 0.717) is 25.9 Å². The SMILES string of the molecule is CO[C@@H]1C(=O)CC[C@]2(CO2)[C@H]1[C@]1(C)O[C@@H]1CCOCC(F)(F)F. The van der Waals surface area contributed by atoms with E-state index in [1.165, 1.54) is 7.11 Å². The number of ketones is 1.